The molecule has 0 bridgehead atoms. The Kier molecular flexibility index (Phi) is 5.53. The molecular weight excluding hydrogens is 400 g/mol. The van der Waals surface area contributed by atoms with E-state index < -0.39 is 15.7 Å². The fraction of sp³-hybridized carbons (Fsp3) is 0.550. The largest absolute Gasteiger partial charge is 0.358 e. The van der Waals surface area contributed by atoms with Gasteiger partial charge >= 0.3 is 0 Å². The van der Waals surface area contributed by atoms with Crippen molar-refractivity contribution in [3.63, 3.8) is 0 Å². The molecule has 1 aromatic carbocycles. The van der Waals surface area contributed by atoms with Crippen LogP contribution in [-0.2, 0) is 19.6 Å². The Hall–Kier alpha value is -1.41. The van der Waals surface area contributed by atoms with E-state index in [0.717, 1.165) is 19.3 Å². The van der Waals surface area contributed by atoms with Crippen molar-refractivity contribution in [3.05, 3.63) is 41.4 Å². The molecule has 1 spiro atoms. The quantitative estimate of drug-likeness (QED) is 0.699. The number of sulfonamides is 1. The van der Waals surface area contributed by atoms with Gasteiger partial charge in [0.05, 0.1) is 11.5 Å². The molecule has 6 nitrogen and oxygen atoms in total. The molecule has 0 radical (unpaired) electrons. The Balaban J connectivity index is 1.48. The third kappa shape index (κ3) is 3.61. The number of benzene rings is 1. The first kappa shape index (κ1) is 19.9. The molecule has 4 rings (SSSR count). The molecule has 2 aliphatic heterocycles. The summed E-state index contributed by atoms with van der Waals surface area (Å²) in [6.07, 6.45) is 7.84. The van der Waals surface area contributed by atoms with Gasteiger partial charge in [-0.2, -0.15) is 4.31 Å². The molecule has 152 valence electrons. The van der Waals surface area contributed by atoms with Gasteiger partial charge in [0.25, 0.3) is 0 Å². The van der Waals surface area contributed by atoms with Crippen LogP contribution >= 0.6 is 11.6 Å². The smallest absolute Gasteiger partial charge is 0.245 e. The molecule has 1 aromatic rings. The average molecular weight is 425 g/mol. The molecule has 3 aliphatic rings. The lowest BCUT2D eigenvalue weighted by Crippen LogP contribution is -2.56. The number of rotatable bonds is 3. The molecule has 8 heteroatoms. The van der Waals surface area contributed by atoms with Crippen LogP contribution < -0.4 is 0 Å². The number of carbonyl (C=O) groups is 1. The van der Waals surface area contributed by atoms with Gasteiger partial charge in [-0.05, 0) is 43.5 Å². The Morgan fingerprint density at radius 3 is 2.46 bits per heavy atom. The number of nitrogens with zero attached hydrogens (tertiary/aromatic N) is 2. The molecule has 1 atom stereocenters. The second-order valence-corrected chi connectivity index (χ2v) is 9.93. The molecule has 1 unspecified atom stereocenters. The summed E-state index contributed by atoms with van der Waals surface area (Å²) in [6, 6.07) is 6.22. The van der Waals surface area contributed by atoms with Crippen LogP contribution in [0.2, 0.25) is 5.02 Å². The summed E-state index contributed by atoms with van der Waals surface area (Å²) in [6.45, 7) is 1.73. The minimum absolute atomic E-state index is 0.0532. The van der Waals surface area contributed by atoms with Crippen LogP contribution in [0.15, 0.2) is 41.3 Å². The number of ether oxygens (including phenoxy) is 1. The number of amides is 1. The van der Waals surface area contributed by atoms with Crippen LogP contribution in [0.3, 0.4) is 0 Å². The van der Waals surface area contributed by atoms with Crippen LogP contribution in [0.25, 0.3) is 0 Å². The fourth-order valence-electron chi connectivity index (χ4n) is 4.41. The van der Waals surface area contributed by atoms with Crippen molar-refractivity contribution in [1.29, 1.82) is 0 Å². The Labute approximate surface area is 171 Å². The summed E-state index contributed by atoms with van der Waals surface area (Å²) in [7, 11) is -3.68. The number of halogens is 1. The zero-order chi connectivity index (χ0) is 19.8. The topological polar surface area (TPSA) is 66.9 Å². The third-order valence-corrected chi connectivity index (χ3v) is 8.21. The summed E-state index contributed by atoms with van der Waals surface area (Å²) in [5.74, 6) is 0.238. The second kappa shape index (κ2) is 7.78. The predicted molar refractivity (Wildman–Crippen MR) is 106 cm³/mol. The lowest BCUT2D eigenvalue weighted by Gasteiger charge is -2.43. The van der Waals surface area contributed by atoms with Crippen molar-refractivity contribution in [2.75, 3.05) is 26.2 Å². The highest BCUT2D eigenvalue weighted by Crippen LogP contribution is 2.39. The minimum Gasteiger partial charge on any atom is -0.358 e. The van der Waals surface area contributed by atoms with Gasteiger partial charge in [0.15, 0.2) is 0 Å². The van der Waals surface area contributed by atoms with Crippen molar-refractivity contribution >= 4 is 27.5 Å². The summed E-state index contributed by atoms with van der Waals surface area (Å²) < 4.78 is 33.8. The van der Waals surface area contributed by atoms with Gasteiger partial charge < -0.3 is 9.64 Å². The molecule has 1 amide bonds. The van der Waals surface area contributed by atoms with E-state index in [4.69, 9.17) is 16.3 Å². The Bertz CT molecular complexity index is 861. The molecule has 0 N–H and O–H groups in total. The van der Waals surface area contributed by atoms with E-state index in [9.17, 15) is 13.2 Å². The van der Waals surface area contributed by atoms with E-state index in [2.05, 4.69) is 12.2 Å². The fourth-order valence-corrected chi connectivity index (χ4v) is 6.26. The SMILES string of the molecule is O=C(C1CC=CCC1)N1CCC2(CC1)OCCN2S(=O)(=O)c1ccc(Cl)cc1. The van der Waals surface area contributed by atoms with E-state index in [-0.39, 0.29) is 16.7 Å². The van der Waals surface area contributed by atoms with Crippen LogP contribution in [-0.4, -0.2) is 55.5 Å². The zero-order valence-electron chi connectivity index (χ0n) is 15.7. The van der Waals surface area contributed by atoms with Crippen LogP contribution in [0, 0.1) is 5.92 Å². The zero-order valence-corrected chi connectivity index (χ0v) is 17.3. The van der Waals surface area contributed by atoms with E-state index in [1.165, 1.54) is 16.4 Å². The van der Waals surface area contributed by atoms with Gasteiger partial charge in [-0.1, -0.05) is 23.8 Å². The average Bonchev–Trinajstić information content (AvgIpc) is 3.13. The van der Waals surface area contributed by atoms with Gasteiger partial charge in [-0.3, -0.25) is 4.79 Å². The Morgan fingerprint density at radius 1 is 1.11 bits per heavy atom. The van der Waals surface area contributed by atoms with Crippen molar-refractivity contribution in [1.82, 2.24) is 9.21 Å². The molecule has 1 aliphatic carbocycles. The predicted octanol–water partition coefficient (Wildman–Crippen LogP) is 3.04. The number of allylic oxidation sites excluding steroid dienone is 2. The van der Waals surface area contributed by atoms with Gasteiger partial charge in [0.2, 0.25) is 15.9 Å². The number of hydrogen-bond donors (Lipinski definition) is 0. The molecule has 0 aromatic heterocycles. The number of likely N-dealkylation sites (tertiary alicyclic amines) is 1. The van der Waals surface area contributed by atoms with Crippen molar-refractivity contribution in [3.8, 4) is 0 Å². The first-order valence-electron chi connectivity index (χ1n) is 9.79. The molecule has 2 fully saturated rings. The molecule has 28 heavy (non-hydrogen) atoms. The second-order valence-electron chi connectivity index (χ2n) is 7.63. The molecule has 2 heterocycles. The molecule has 2 saturated heterocycles. The van der Waals surface area contributed by atoms with Crippen molar-refractivity contribution < 1.29 is 17.9 Å². The van der Waals surface area contributed by atoms with E-state index >= 15 is 0 Å². The maximum Gasteiger partial charge on any atom is 0.245 e. The molecule has 0 saturated carbocycles. The van der Waals surface area contributed by atoms with Gasteiger partial charge in [-0.25, -0.2) is 8.42 Å². The van der Waals surface area contributed by atoms with Crippen LogP contribution in [0.1, 0.15) is 32.1 Å². The Morgan fingerprint density at radius 2 is 1.82 bits per heavy atom. The number of carbonyl (C=O) groups excluding carboxylic acids is 1. The maximum absolute atomic E-state index is 13.2. The normalized spacial score (nSPS) is 25.3. The maximum atomic E-state index is 13.2. The van der Waals surface area contributed by atoms with Gasteiger partial charge in [0.1, 0.15) is 5.72 Å². The summed E-state index contributed by atoms with van der Waals surface area (Å²) >= 11 is 5.90. The van der Waals surface area contributed by atoms with E-state index in [0.29, 0.717) is 44.1 Å². The first-order valence-corrected chi connectivity index (χ1v) is 11.6. The molecular formula is C20H25ClN2O4S. The number of hydrogen-bond acceptors (Lipinski definition) is 4. The van der Waals surface area contributed by atoms with Crippen molar-refractivity contribution in [2.45, 2.75) is 42.7 Å². The van der Waals surface area contributed by atoms with E-state index in [1.807, 2.05) is 4.90 Å². The number of piperidine rings is 1. The third-order valence-electron chi connectivity index (χ3n) is 6.00. The van der Waals surface area contributed by atoms with Gasteiger partial charge in [-0.15, -0.1) is 0 Å². The summed E-state index contributed by atoms with van der Waals surface area (Å²) in [4.78, 5) is 14.9. The van der Waals surface area contributed by atoms with Crippen LogP contribution in [0.5, 0.6) is 0 Å². The lowest BCUT2D eigenvalue weighted by atomic mass is 9.91. The van der Waals surface area contributed by atoms with Crippen LogP contribution in [0.4, 0.5) is 0 Å². The summed E-state index contributed by atoms with van der Waals surface area (Å²) in [5, 5.41) is 0.496. The van der Waals surface area contributed by atoms with E-state index in [1.54, 1.807) is 12.1 Å². The highest BCUT2D eigenvalue weighted by molar-refractivity contribution is 7.89. The first-order chi connectivity index (χ1) is 13.4. The highest BCUT2D eigenvalue weighted by atomic mass is 35.5. The highest BCUT2D eigenvalue weighted by Gasteiger charge is 2.51. The monoisotopic (exact) mass is 424 g/mol. The standard InChI is InChI=1S/C20H25ClN2O4S/c21-17-6-8-18(9-7-17)28(25,26)23-14-15-27-20(23)10-12-22(13-11-20)19(24)16-4-2-1-3-5-16/h1-2,6-9,16H,3-5,10-15H2. The summed E-state index contributed by atoms with van der Waals surface area (Å²) in [5.41, 5.74) is -0.859. The minimum atomic E-state index is -3.68. The van der Waals surface area contributed by atoms with Gasteiger partial charge in [0, 0.05) is 43.4 Å². The van der Waals surface area contributed by atoms with Crippen molar-refractivity contribution in [2.24, 2.45) is 5.92 Å². The lowest BCUT2D eigenvalue weighted by molar-refractivity contribution is -0.144.